The Kier molecular flexibility index (Phi) is 3.65. The van der Waals surface area contributed by atoms with Crippen molar-refractivity contribution < 1.29 is 9.15 Å². The van der Waals surface area contributed by atoms with Gasteiger partial charge in [-0.3, -0.25) is 11.3 Å². The van der Waals surface area contributed by atoms with Crippen LogP contribution in [0.2, 0.25) is 0 Å². The second kappa shape index (κ2) is 5.17. The largest absolute Gasteiger partial charge is 0.466 e. The van der Waals surface area contributed by atoms with Gasteiger partial charge in [-0.15, -0.1) is 0 Å². The number of nitrogens with one attached hydrogen (secondary N) is 1. The van der Waals surface area contributed by atoms with Crippen LogP contribution in [0.1, 0.15) is 60.8 Å². The lowest BCUT2D eigenvalue weighted by molar-refractivity contribution is -0.147. The highest BCUT2D eigenvalue weighted by molar-refractivity contribution is 5.34. The Labute approximate surface area is 121 Å². The summed E-state index contributed by atoms with van der Waals surface area (Å²) in [5.74, 6) is 8.43. The predicted octanol–water partition coefficient (Wildman–Crippen LogP) is 3.06. The van der Waals surface area contributed by atoms with E-state index in [0.717, 1.165) is 31.0 Å². The van der Waals surface area contributed by atoms with Gasteiger partial charge >= 0.3 is 0 Å². The molecule has 2 fully saturated rings. The summed E-state index contributed by atoms with van der Waals surface area (Å²) in [4.78, 5) is 0. The molecule has 112 valence electrons. The van der Waals surface area contributed by atoms with E-state index in [0.29, 0.717) is 5.92 Å². The second-order valence-corrected chi connectivity index (χ2v) is 6.54. The maximum absolute atomic E-state index is 6.04. The lowest BCUT2D eigenvalue weighted by atomic mass is 9.69. The number of rotatable bonds is 3. The van der Waals surface area contributed by atoms with Crippen molar-refractivity contribution in [2.24, 2.45) is 11.8 Å². The SMILES string of the molecule is Cc1oc(C)c(C(NN)C2CCOC3(CCC3)C2)c1C. The maximum Gasteiger partial charge on any atom is 0.106 e. The molecule has 0 amide bonds. The van der Waals surface area contributed by atoms with Crippen molar-refractivity contribution in [2.75, 3.05) is 6.61 Å². The molecule has 2 heterocycles. The molecule has 4 nitrogen and oxygen atoms in total. The van der Waals surface area contributed by atoms with E-state index in [1.54, 1.807) is 0 Å². The Hall–Kier alpha value is -0.840. The van der Waals surface area contributed by atoms with Crippen LogP contribution in [0.5, 0.6) is 0 Å². The fraction of sp³-hybridized carbons (Fsp3) is 0.750. The number of furan rings is 1. The molecule has 20 heavy (non-hydrogen) atoms. The minimum Gasteiger partial charge on any atom is -0.466 e. The molecule has 1 aromatic heterocycles. The summed E-state index contributed by atoms with van der Waals surface area (Å²) in [5.41, 5.74) is 5.70. The quantitative estimate of drug-likeness (QED) is 0.659. The molecule has 2 aliphatic rings. The zero-order valence-corrected chi connectivity index (χ0v) is 12.8. The van der Waals surface area contributed by atoms with Crippen LogP contribution in [0.15, 0.2) is 4.42 Å². The van der Waals surface area contributed by atoms with E-state index in [1.165, 1.54) is 30.4 Å². The Morgan fingerprint density at radius 3 is 2.50 bits per heavy atom. The van der Waals surface area contributed by atoms with Gasteiger partial charge in [0.1, 0.15) is 11.5 Å². The van der Waals surface area contributed by atoms with Crippen LogP contribution in [-0.2, 0) is 4.74 Å². The van der Waals surface area contributed by atoms with Crippen LogP contribution in [0.4, 0.5) is 0 Å². The van der Waals surface area contributed by atoms with Crippen LogP contribution in [-0.4, -0.2) is 12.2 Å². The second-order valence-electron chi connectivity index (χ2n) is 6.54. The normalized spacial score (nSPS) is 26.5. The molecule has 1 aromatic rings. The Balaban J connectivity index is 1.85. The Bertz CT molecular complexity index is 491. The van der Waals surface area contributed by atoms with Gasteiger partial charge in [-0.2, -0.15) is 0 Å². The summed E-state index contributed by atoms with van der Waals surface area (Å²) >= 11 is 0. The molecule has 0 aromatic carbocycles. The molecule has 2 unspecified atom stereocenters. The van der Waals surface area contributed by atoms with Crippen LogP contribution >= 0.6 is 0 Å². The first kappa shape index (κ1) is 14.1. The van der Waals surface area contributed by atoms with Gasteiger partial charge in [0.05, 0.1) is 11.6 Å². The number of nitrogens with two attached hydrogens (primary N) is 1. The van der Waals surface area contributed by atoms with E-state index < -0.39 is 0 Å². The summed E-state index contributed by atoms with van der Waals surface area (Å²) in [6, 6.07) is 0.175. The molecule has 0 bridgehead atoms. The zero-order chi connectivity index (χ0) is 14.3. The molecule has 2 atom stereocenters. The molecule has 1 saturated carbocycles. The number of ether oxygens (including phenoxy) is 1. The summed E-state index contributed by atoms with van der Waals surface area (Å²) in [5, 5.41) is 0. The van der Waals surface area contributed by atoms with Crippen molar-refractivity contribution in [3.05, 3.63) is 22.6 Å². The van der Waals surface area contributed by atoms with Crippen LogP contribution < -0.4 is 11.3 Å². The average molecular weight is 278 g/mol. The molecule has 1 aliphatic heterocycles. The number of aryl methyl sites for hydroxylation is 2. The van der Waals surface area contributed by atoms with Crippen molar-refractivity contribution in [1.82, 2.24) is 5.43 Å². The van der Waals surface area contributed by atoms with Crippen molar-refractivity contribution in [3.8, 4) is 0 Å². The van der Waals surface area contributed by atoms with E-state index in [1.807, 2.05) is 13.8 Å². The topological polar surface area (TPSA) is 60.4 Å². The molecular weight excluding hydrogens is 252 g/mol. The standard InChI is InChI=1S/C16H26N2O2/c1-10-11(2)20-12(3)14(10)15(18-17)13-5-8-19-16(9-13)6-4-7-16/h13,15,18H,4-9,17H2,1-3H3. The molecule has 4 heteroatoms. The third-order valence-electron chi connectivity index (χ3n) is 5.38. The fourth-order valence-corrected chi connectivity index (χ4v) is 3.99. The van der Waals surface area contributed by atoms with E-state index in [-0.39, 0.29) is 11.6 Å². The maximum atomic E-state index is 6.04. The monoisotopic (exact) mass is 278 g/mol. The zero-order valence-electron chi connectivity index (χ0n) is 12.8. The summed E-state index contributed by atoms with van der Waals surface area (Å²) < 4.78 is 11.8. The van der Waals surface area contributed by atoms with Gasteiger partial charge in [0.15, 0.2) is 0 Å². The number of hydrogen-bond acceptors (Lipinski definition) is 4. The minimum atomic E-state index is 0.151. The molecular formula is C16H26N2O2. The number of hydrogen-bond donors (Lipinski definition) is 2. The Morgan fingerprint density at radius 2 is 2.00 bits per heavy atom. The molecule has 1 spiro atoms. The van der Waals surface area contributed by atoms with E-state index in [2.05, 4.69) is 12.3 Å². The molecule has 0 radical (unpaired) electrons. The van der Waals surface area contributed by atoms with Crippen molar-refractivity contribution in [3.63, 3.8) is 0 Å². The van der Waals surface area contributed by atoms with Gasteiger partial charge in [0.25, 0.3) is 0 Å². The minimum absolute atomic E-state index is 0.151. The van der Waals surface area contributed by atoms with Crippen LogP contribution in [0, 0.1) is 26.7 Å². The molecule has 1 aliphatic carbocycles. The summed E-state index contributed by atoms with van der Waals surface area (Å²) in [7, 11) is 0. The summed E-state index contributed by atoms with van der Waals surface area (Å²) in [6.45, 7) is 7.05. The third-order valence-corrected chi connectivity index (χ3v) is 5.38. The lowest BCUT2D eigenvalue weighted by Gasteiger charge is -2.48. The molecule has 3 N–H and O–H groups in total. The van der Waals surface area contributed by atoms with Crippen molar-refractivity contribution in [2.45, 2.75) is 64.5 Å². The van der Waals surface area contributed by atoms with Gasteiger partial charge in [-0.05, 0) is 64.4 Å². The van der Waals surface area contributed by atoms with Gasteiger partial charge in [0, 0.05) is 12.2 Å². The average Bonchev–Trinajstić information content (AvgIpc) is 2.65. The van der Waals surface area contributed by atoms with Crippen LogP contribution in [0.25, 0.3) is 0 Å². The van der Waals surface area contributed by atoms with E-state index >= 15 is 0 Å². The van der Waals surface area contributed by atoms with Crippen molar-refractivity contribution >= 4 is 0 Å². The van der Waals surface area contributed by atoms with Gasteiger partial charge in [-0.1, -0.05) is 0 Å². The van der Waals surface area contributed by atoms with Gasteiger partial charge < -0.3 is 9.15 Å². The highest BCUT2D eigenvalue weighted by atomic mass is 16.5. The lowest BCUT2D eigenvalue weighted by Crippen LogP contribution is -2.48. The predicted molar refractivity (Wildman–Crippen MR) is 78.2 cm³/mol. The van der Waals surface area contributed by atoms with Gasteiger partial charge in [-0.25, -0.2) is 0 Å². The highest BCUT2D eigenvalue weighted by Gasteiger charge is 2.45. The molecule has 3 rings (SSSR count). The first-order chi connectivity index (χ1) is 9.56. The smallest absolute Gasteiger partial charge is 0.106 e. The van der Waals surface area contributed by atoms with E-state index in [4.69, 9.17) is 15.0 Å². The first-order valence-corrected chi connectivity index (χ1v) is 7.73. The summed E-state index contributed by atoms with van der Waals surface area (Å²) in [6.07, 6.45) is 5.91. The number of hydrazine groups is 1. The van der Waals surface area contributed by atoms with Crippen LogP contribution in [0.3, 0.4) is 0 Å². The first-order valence-electron chi connectivity index (χ1n) is 7.73. The Morgan fingerprint density at radius 1 is 1.25 bits per heavy atom. The van der Waals surface area contributed by atoms with Gasteiger partial charge in [0.2, 0.25) is 0 Å². The highest BCUT2D eigenvalue weighted by Crippen LogP contribution is 2.47. The molecule has 1 saturated heterocycles. The van der Waals surface area contributed by atoms with Crippen molar-refractivity contribution in [1.29, 1.82) is 0 Å². The fourth-order valence-electron chi connectivity index (χ4n) is 3.99. The van der Waals surface area contributed by atoms with E-state index in [9.17, 15) is 0 Å². The third kappa shape index (κ3) is 2.20.